The van der Waals surface area contributed by atoms with Gasteiger partial charge in [-0.25, -0.2) is 13.1 Å². The highest BCUT2D eigenvalue weighted by Crippen LogP contribution is 2.31. The summed E-state index contributed by atoms with van der Waals surface area (Å²) in [5, 5.41) is 4.80. The van der Waals surface area contributed by atoms with Crippen LogP contribution in [-0.4, -0.2) is 21.5 Å². The van der Waals surface area contributed by atoms with Gasteiger partial charge in [0.15, 0.2) is 0 Å². The third kappa shape index (κ3) is 2.45. The van der Waals surface area contributed by atoms with E-state index in [-0.39, 0.29) is 6.04 Å². The van der Waals surface area contributed by atoms with Gasteiger partial charge in [0, 0.05) is 17.5 Å². The highest BCUT2D eigenvalue weighted by molar-refractivity contribution is 7.89. The molecule has 1 heterocycles. The van der Waals surface area contributed by atoms with Crippen LogP contribution in [0.2, 0.25) is 0 Å². The quantitative estimate of drug-likeness (QED) is 0.835. The average molecular weight is 260 g/mol. The first-order chi connectivity index (χ1) is 7.54. The predicted octanol–water partition coefficient (Wildman–Crippen LogP) is 1.15. The smallest absolute Gasteiger partial charge is 0.241 e. The number of thiophene rings is 1. The van der Waals surface area contributed by atoms with Crippen molar-refractivity contribution in [2.24, 2.45) is 5.92 Å². The van der Waals surface area contributed by atoms with E-state index < -0.39 is 10.0 Å². The first-order valence-electron chi connectivity index (χ1n) is 5.28. The second-order valence-corrected chi connectivity index (χ2v) is 6.86. The van der Waals surface area contributed by atoms with Crippen LogP contribution >= 0.6 is 11.3 Å². The second-order valence-electron chi connectivity index (χ2n) is 4.18. The van der Waals surface area contributed by atoms with Gasteiger partial charge in [-0.3, -0.25) is 0 Å². The number of hydrogen-bond acceptors (Lipinski definition) is 4. The maximum absolute atomic E-state index is 12.1. The van der Waals surface area contributed by atoms with Crippen molar-refractivity contribution in [3.05, 3.63) is 16.3 Å². The van der Waals surface area contributed by atoms with Crippen molar-refractivity contribution in [1.29, 1.82) is 0 Å². The summed E-state index contributed by atoms with van der Waals surface area (Å²) in [5.41, 5.74) is 0. The van der Waals surface area contributed by atoms with Gasteiger partial charge in [0.1, 0.15) is 0 Å². The molecule has 1 aliphatic rings. The normalized spacial score (nSPS) is 24.6. The van der Waals surface area contributed by atoms with Gasteiger partial charge in [0.05, 0.1) is 4.90 Å². The minimum atomic E-state index is -3.32. The Hall–Kier alpha value is -0.430. The predicted molar refractivity (Wildman–Crippen MR) is 65.0 cm³/mol. The van der Waals surface area contributed by atoms with Gasteiger partial charge in [-0.05, 0) is 30.8 Å². The van der Waals surface area contributed by atoms with E-state index in [4.69, 9.17) is 0 Å². The Morgan fingerprint density at radius 1 is 1.56 bits per heavy atom. The van der Waals surface area contributed by atoms with E-state index in [9.17, 15) is 8.42 Å². The highest BCUT2D eigenvalue weighted by Gasteiger charge is 2.37. The molecule has 1 fully saturated rings. The van der Waals surface area contributed by atoms with Crippen molar-refractivity contribution in [2.75, 3.05) is 7.05 Å². The molecule has 90 valence electrons. The molecular weight excluding hydrogens is 244 g/mol. The fourth-order valence-electron chi connectivity index (χ4n) is 1.61. The standard InChI is InChI=1S/C10H16N2O2S2/c1-7-5-8(7)12-16(13,14)10-3-4-15-9(10)6-11-2/h3-4,7-8,11-12H,5-6H2,1-2H3. The molecule has 2 N–H and O–H groups in total. The van der Waals surface area contributed by atoms with Gasteiger partial charge in [-0.1, -0.05) is 6.92 Å². The lowest BCUT2D eigenvalue weighted by atomic mass is 10.5. The van der Waals surface area contributed by atoms with E-state index in [1.165, 1.54) is 11.3 Å². The molecule has 2 atom stereocenters. The van der Waals surface area contributed by atoms with Gasteiger partial charge < -0.3 is 5.32 Å². The fraction of sp³-hybridized carbons (Fsp3) is 0.600. The summed E-state index contributed by atoms with van der Waals surface area (Å²) in [4.78, 5) is 1.29. The van der Waals surface area contributed by atoms with Crippen LogP contribution in [0.4, 0.5) is 0 Å². The van der Waals surface area contributed by atoms with Crippen LogP contribution in [0.1, 0.15) is 18.2 Å². The molecule has 4 nitrogen and oxygen atoms in total. The van der Waals surface area contributed by atoms with Crippen molar-refractivity contribution in [2.45, 2.75) is 30.8 Å². The van der Waals surface area contributed by atoms with Crippen LogP contribution in [0.3, 0.4) is 0 Å². The lowest BCUT2D eigenvalue weighted by Crippen LogP contribution is -2.27. The minimum Gasteiger partial charge on any atom is -0.315 e. The lowest BCUT2D eigenvalue weighted by molar-refractivity contribution is 0.577. The van der Waals surface area contributed by atoms with E-state index in [0.717, 1.165) is 11.3 Å². The topological polar surface area (TPSA) is 58.2 Å². The highest BCUT2D eigenvalue weighted by atomic mass is 32.2. The summed E-state index contributed by atoms with van der Waals surface area (Å²) in [6.07, 6.45) is 0.949. The second kappa shape index (κ2) is 4.44. The third-order valence-corrected chi connectivity index (χ3v) is 5.37. The van der Waals surface area contributed by atoms with Gasteiger partial charge in [-0.15, -0.1) is 11.3 Å². The molecule has 0 spiro atoms. The van der Waals surface area contributed by atoms with Crippen molar-refractivity contribution in [1.82, 2.24) is 10.0 Å². The van der Waals surface area contributed by atoms with Crippen molar-refractivity contribution >= 4 is 21.4 Å². The van der Waals surface area contributed by atoms with Crippen LogP contribution in [0, 0.1) is 5.92 Å². The molecule has 1 saturated carbocycles. The summed E-state index contributed by atoms with van der Waals surface area (Å²) in [6, 6.07) is 1.81. The number of rotatable bonds is 5. The maximum atomic E-state index is 12.1. The van der Waals surface area contributed by atoms with Crippen LogP contribution in [-0.2, 0) is 16.6 Å². The monoisotopic (exact) mass is 260 g/mol. The minimum absolute atomic E-state index is 0.132. The summed E-state index contributed by atoms with van der Waals surface area (Å²) >= 11 is 1.47. The molecule has 1 aliphatic carbocycles. The van der Waals surface area contributed by atoms with Crippen molar-refractivity contribution < 1.29 is 8.42 Å². The molecule has 0 radical (unpaired) electrons. The van der Waals surface area contributed by atoms with E-state index in [2.05, 4.69) is 17.0 Å². The summed E-state index contributed by atoms with van der Waals surface area (Å²) in [5.74, 6) is 0.473. The van der Waals surface area contributed by atoms with Gasteiger partial charge >= 0.3 is 0 Å². The summed E-state index contributed by atoms with van der Waals surface area (Å²) in [6.45, 7) is 2.64. The Balaban J connectivity index is 2.18. The Bertz CT molecular complexity index is 467. The molecule has 6 heteroatoms. The number of hydrogen-bond donors (Lipinski definition) is 2. The zero-order valence-corrected chi connectivity index (χ0v) is 11.0. The molecule has 16 heavy (non-hydrogen) atoms. The van der Waals surface area contributed by atoms with Crippen LogP contribution in [0.5, 0.6) is 0 Å². The largest absolute Gasteiger partial charge is 0.315 e. The average Bonchev–Trinajstić information content (AvgIpc) is 2.71. The summed E-state index contributed by atoms with van der Waals surface area (Å²) < 4.78 is 26.8. The van der Waals surface area contributed by atoms with E-state index in [1.54, 1.807) is 6.07 Å². The van der Waals surface area contributed by atoms with Crippen LogP contribution in [0.15, 0.2) is 16.3 Å². The van der Waals surface area contributed by atoms with E-state index >= 15 is 0 Å². The van der Waals surface area contributed by atoms with E-state index in [0.29, 0.717) is 17.4 Å². The van der Waals surface area contributed by atoms with Crippen LogP contribution in [0.25, 0.3) is 0 Å². The zero-order chi connectivity index (χ0) is 11.8. The summed E-state index contributed by atoms with van der Waals surface area (Å²) in [7, 11) is -1.51. The lowest BCUT2D eigenvalue weighted by Gasteiger charge is -2.06. The van der Waals surface area contributed by atoms with Gasteiger partial charge in [0.25, 0.3) is 0 Å². The number of sulfonamides is 1. The molecule has 0 bridgehead atoms. The first kappa shape index (κ1) is 12.0. The molecule has 1 aromatic heterocycles. The van der Waals surface area contributed by atoms with E-state index in [1.807, 2.05) is 12.4 Å². The van der Waals surface area contributed by atoms with Crippen molar-refractivity contribution in [3.8, 4) is 0 Å². The molecule has 0 aromatic carbocycles. The van der Waals surface area contributed by atoms with Gasteiger partial charge in [0.2, 0.25) is 10.0 Å². The van der Waals surface area contributed by atoms with Crippen LogP contribution < -0.4 is 10.0 Å². The zero-order valence-electron chi connectivity index (χ0n) is 9.36. The Labute approximate surface area is 100 Å². The SMILES string of the molecule is CNCc1sccc1S(=O)(=O)NC1CC1C. The number of nitrogens with one attached hydrogen (secondary N) is 2. The molecular formula is C10H16N2O2S2. The van der Waals surface area contributed by atoms with Crippen molar-refractivity contribution in [3.63, 3.8) is 0 Å². The third-order valence-electron chi connectivity index (χ3n) is 2.75. The molecule has 0 amide bonds. The Kier molecular flexibility index (Phi) is 3.34. The molecule has 0 aliphatic heterocycles. The van der Waals surface area contributed by atoms with Gasteiger partial charge in [-0.2, -0.15) is 0 Å². The fourth-order valence-corrected chi connectivity index (χ4v) is 4.42. The molecule has 0 saturated heterocycles. The Morgan fingerprint density at radius 3 is 2.81 bits per heavy atom. The Morgan fingerprint density at radius 2 is 2.25 bits per heavy atom. The molecule has 2 rings (SSSR count). The molecule has 2 unspecified atom stereocenters. The first-order valence-corrected chi connectivity index (χ1v) is 7.64. The maximum Gasteiger partial charge on any atom is 0.241 e. The molecule has 1 aromatic rings.